The number of benzene rings is 6. The number of carbonyl (C=O) groups excluding carboxylic acids is 5. The Morgan fingerprint density at radius 3 is 1.97 bits per heavy atom. The Morgan fingerprint density at radius 2 is 1.27 bits per heavy atom. The van der Waals surface area contributed by atoms with Crippen LogP contribution in [-0.4, -0.2) is 36.8 Å². The highest BCUT2D eigenvalue weighted by Gasteiger charge is 2.61. The zero-order valence-electron chi connectivity index (χ0n) is 33.2. The fraction of sp³-hybridized carbons (Fsp3) is 0.163. The monoisotopic (exact) mass is 844 g/mol. The number of carbonyl (C=O) groups is 5. The van der Waals surface area contributed by atoms with Crippen LogP contribution in [0.3, 0.4) is 0 Å². The third-order valence-corrected chi connectivity index (χ3v) is 14.7. The summed E-state index contributed by atoms with van der Waals surface area (Å²) < 4.78 is 38.2. The van der Waals surface area contributed by atoms with Gasteiger partial charge in [0, 0.05) is 16.8 Å². The van der Waals surface area contributed by atoms with Crippen LogP contribution < -0.4 is 39.6 Å². The second kappa shape index (κ2) is 15.3. The van der Waals surface area contributed by atoms with E-state index in [0.717, 1.165) is 30.4 Å². The maximum Gasteiger partial charge on any atom is 0.343 e. The molecule has 13 heteroatoms. The molecule has 2 aliphatic carbocycles. The minimum atomic E-state index is -3.90. The van der Waals surface area contributed by atoms with Gasteiger partial charge in [0.2, 0.25) is 11.8 Å². The van der Waals surface area contributed by atoms with Crippen LogP contribution in [0, 0.1) is 23.7 Å². The van der Waals surface area contributed by atoms with Crippen molar-refractivity contribution in [2.45, 2.75) is 19.3 Å². The predicted octanol–water partition coefficient (Wildman–Crippen LogP) is 8.21. The molecular weight excluding hydrogens is 808 g/mol. The lowest BCUT2D eigenvalue weighted by Gasteiger charge is -2.29. The van der Waals surface area contributed by atoms with Crippen LogP contribution in [0.5, 0.6) is 23.0 Å². The summed E-state index contributed by atoms with van der Waals surface area (Å²) in [7, 11) is -2.42. The van der Waals surface area contributed by atoms with E-state index in [1.54, 1.807) is 66.7 Å². The highest BCUT2D eigenvalue weighted by molar-refractivity contribution is 7.75. The maximum atomic E-state index is 15.0. The number of methoxy groups -OCH3 is 1. The van der Waals surface area contributed by atoms with Gasteiger partial charge in [-0.15, -0.1) is 0 Å². The van der Waals surface area contributed by atoms with Gasteiger partial charge in [-0.25, -0.2) is 9.59 Å². The van der Waals surface area contributed by atoms with Crippen molar-refractivity contribution in [2.24, 2.45) is 23.7 Å². The SMILES string of the molecule is COc1ccc(OC(=O)c2cccc(C(=O)Oc3ccc(NC(=O)c4ccc(N5C(=O)C6C7CCC(C7)C6C5=O)cc4)cc3)c2)c(P2(=O)Oc3ccccc3-c3ccccc32)c1. The molecule has 0 spiro atoms. The molecule has 2 aliphatic heterocycles. The van der Waals surface area contributed by atoms with Crippen molar-refractivity contribution in [2.75, 3.05) is 17.3 Å². The molecular formula is C49H37N2O10P. The molecule has 3 fully saturated rings. The first-order chi connectivity index (χ1) is 30.1. The molecule has 1 saturated heterocycles. The van der Waals surface area contributed by atoms with E-state index in [9.17, 15) is 24.0 Å². The first kappa shape index (κ1) is 38.9. The van der Waals surface area contributed by atoms with Crippen molar-refractivity contribution in [3.8, 4) is 34.1 Å². The van der Waals surface area contributed by atoms with Gasteiger partial charge in [-0.2, -0.15) is 0 Å². The minimum absolute atomic E-state index is 0.00567. The number of fused-ring (bicyclic) bond motifs is 8. The summed E-state index contributed by atoms with van der Waals surface area (Å²) in [6.07, 6.45) is 2.96. The molecule has 1 N–H and O–H groups in total. The van der Waals surface area contributed by atoms with Crippen molar-refractivity contribution in [3.05, 3.63) is 156 Å². The van der Waals surface area contributed by atoms with E-state index in [4.69, 9.17) is 18.7 Å². The first-order valence-corrected chi connectivity index (χ1v) is 21.8. The molecule has 5 atom stereocenters. The molecule has 6 aromatic carbocycles. The molecule has 6 aromatic rings. The quantitative estimate of drug-likeness (QED) is 0.0652. The van der Waals surface area contributed by atoms with Gasteiger partial charge in [-0.3, -0.25) is 23.8 Å². The molecule has 2 heterocycles. The summed E-state index contributed by atoms with van der Waals surface area (Å²) in [5.74, 6) is -1.14. The Balaban J connectivity index is 0.799. The number of esters is 2. The fourth-order valence-corrected chi connectivity index (χ4v) is 11.8. The van der Waals surface area contributed by atoms with Crippen LogP contribution in [-0.2, 0) is 14.2 Å². The van der Waals surface area contributed by atoms with E-state index in [1.807, 2.05) is 24.3 Å². The zero-order chi connectivity index (χ0) is 42.7. The Hall–Kier alpha value is -7.30. The van der Waals surface area contributed by atoms with Crippen molar-refractivity contribution < 1.29 is 47.3 Å². The number of amides is 3. The van der Waals surface area contributed by atoms with Crippen molar-refractivity contribution >= 4 is 59.0 Å². The molecule has 4 aliphatic rings. The zero-order valence-corrected chi connectivity index (χ0v) is 34.1. The Kier molecular flexibility index (Phi) is 9.60. The average molecular weight is 845 g/mol. The van der Waals surface area contributed by atoms with Gasteiger partial charge in [0.15, 0.2) is 0 Å². The molecule has 0 radical (unpaired) electrons. The molecule has 62 heavy (non-hydrogen) atoms. The summed E-state index contributed by atoms with van der Waals surface area (Å²) in [6, 6.07) is 37.5. The number of rotatable bonds is 9. The summed E-state index contributed by atoms with van der Waals surface area (Å²) in [5, 5.41) is 3.37. The number of imide groups is 1. The van der Waals surface area contributed by atoms with Crippen LogP contribution in [0.15, 0.2) is 140 Å². The standard InChI is InChI=1S/C49H37N2O10P/c1-58-36-23-24-40(42(27-36)62(57)41-12-5-3-10-38(41)37-9-2-4-11-39(37)61-62)60-49(56)32-8-6-7-31(26-32)48(55)59-35-21-17-33(18-22-35)50-45(52)28-15-19-34(20-16-28)51-46(53)43-29-13-14-30(25-29)44(43)47(51)54/h2-12,15-24,26-27,29-30,43-44H,13-14,25H2,1H3,(H,50,52). The van der Waals surface area contributed by atoms with E-state index in [2.05, 4.69) is 5.32 Å². The Labute approximate surface area is 355 Å². The van der Waals surface area contributed by atoms with Crippen molar-refractivity contribution in [3.63, 3.8) is 0 Å². The number of para-hydroxylation sites is 1. The lowest BCUT2D eigenvalue weighted by molar-refractivity contribution is -0.123. The second-order valence-electron chi connectivity index (χ2n) is 15.8. The van der Waals surface area contributed by atoms with Gasteiger partial charge in [0.1, 0.15) is 23.0 Å². The Bertz CT molecular complexity index is 2870. The number of anilines is 2. The summed E-state index contributed by atoms with van der Waals surface area (Å²) in [6.45, 7) is 0. The van der Waals surface area contributed by atoms with Gasteiger partial charge in [-0.1, -0.05) is 42.5 Å². The van der Waals surface area contributed by atoms with Crippen LogP contribution in [0.2, 0.25) is 0 Å². The van der Waals surface area contributed by atoms with Gasteiger partial charge in [0.05, 0.1) is 46.4 Å². The van der Waals surface area contributed by atoms with Crippen LogP contribution in [0.25, 0.3) is 11.1 Å². The number of hydrogen-bond acceptors (Lipinski definition) is 10. The third kappa shape index (κ3) is 6.64. The van der Waals surface area contributed by atoms with Crippen molar-refractivity contribution in [1.82, 2.24) is 0 Å². The van der Waals surface area contributed by atoms with Gasteiger partial charge in [-0.05, 0) is 134 Å². The van der Waals surface area contributed by atoms with E-state index < -0.39 is 25.2 Å². The lowest BCUT2D eigenvalue weighted by Crippen LogP contribution is -2.32. The van der Waals surface area contributed by atoms with E-state index in [-0.39, 0.29) is 63.4 Å². The number of nitrogens with one attached hydrogen (secondary N) is 1. The van der Waals surface area contributed by atoms with E-state index in [0.29, 0.717) is 33.7 Å². The van der Waals surface area contributed by atoms with Crippen LogP contribution in [0.4, 0.5) is 11.4 Å². The molecule has 5 unspecified atom stereocenters. The summed E-state index contributed by atoms with van der Waals surface area (Å²) in [5.41, 5.74) is 2.85. The number of nitrogens with zero attached hydrogens (tertiary/aromatic N) is 1. The average Bonchev–Trinajstić information content (AvgIpc) is 4.00. The van der Waals surface area contributed by atoms with Gasteiger partial charge >= 0.3 is 19.3 Å². The molecule has 2 saturated carbocycles. The van der Waals surface area contributed by atoms with Crippen LogP contribution in [0.1, 0.15) is 50.3 Å². The molecule has 0 aromatic heterocycles. The molecule has 10 rings (SSSR count). The first-order valence-electron chi connectivity index (χ1n) is 20.2. The maximum absolute atomic E-state index is 15.0. The smallest absolute Gasteiger partial charge is 0.343 e. The third-order valence-electron chi connectivity index (χ3n) is 12.3. The predicted molar refractivity (Wildman–Crippen MR) is 230 cm³/mol. The number of ether oxygens (including phenoxy) is 3. The van der Waals surface area contributed by atoms with Gasteiger partial charge < -0.3 is 24.1 Å². The van der Waals surface area contributed by atoms with Gasteiger partial charge in [0.25, 0.3) is 5.91 Å². The van der Waals surface area contributed by atoms with E-state index >= 15 is 4.57 Å². The summed E-state index contributed by atoms with van der Waals surface area (Å²) in [4.78, 5) is 67.8. The van der Waals surface area contributed by atoms with E-state index in [1.165, 1.54) is 60.5 Å². The fourth-order valence-electron chi connectivity index (χ4n) is 9.37. The second-order valence-corrected chi connectivity index (χ2v) is 18.0. The normalized spacial score (nSPS) is 21.6. The molecule has 308 valence electrons. The Morgan fingerprint density at radius 1 is 0.645 bits per heavy atom. The molecule has 3 amide bonds. The summed E-state index contributed by atoms with van der Waals surface area (Å²) >= 11 is 0. The largest absolute Gasteiger partial charge is 0.497 e. The molecule has 2 bridgehead atoms. The molecule has 12 nitrogen and oxygen atoms in total. The van der Waals surface area contributed by atoms with Crippen LogP contribution >= 0.6 is 7.37 Å². The minimum Gasteiger partial charge on any atom is -0.497 e. The number of hydrogen-bond donors (Lipinski definition) is 1. The van der Waals surface area contributed by atoms with Crippen molar-refractivity contribution in [1.29, 1.82) is 0 Å². The lowest BCUT2D eigenvalue weighted by atomic mass is 9.81. The topological polar surface area (TPSA) is 155 Å². The highest BCUT2D eigenvalue weighted by atomic mass is 31.2. The highest BCUT2D eigenvalue weighted by Crippen LogP contribution is 2.57.